The molecule has 0 fully saturated rings. The van der Waals surface area contributed by atoms with Crippen LogP contribution in [0.2, 0.25) is 0 Å². The molecule has 2 aromatic heterocycles. The maximum absolute atomic E-state index is 12.5. The predicted molar refractivity (Wildman–Crippen MR) is 110 cm³/mol. The van der Waals surface area contributed by atoms with Crippen molar-refractivity contribution in [3.63, 3.8) is 0 Å². The highest BCUT2D eigenvalue weighted by molar-refractivity contribution is 7.13. The molecule has 0 aliphatic carbocycles. The highest BCUT2D eigenvalue weighted by Gasteiger charge is 2.10. The number of carbonyl (C=O) groups is 1. The van der Waals surface area contributed by atoms with Crippen LogP contribution in [-0.2, 0) is 0 Å². The van der Waals surface area contributed by atoms with Gasteiger partial charge in [-0.25, -0.2) is 4.79 Å². The van der Waals surface area contributed by atoms with Gasteiger partial charge in [0.25, 0.3) is 0 Å². The largest absolute Gasteiger partial charge is 0.330 e. The number of nitrogens with zero attached hydrogens (tertiary/aromatic N) is 1. The van der Waals surface area contributed by atoms with Crippen molar-refractivity contribution in [2.75, 3.05) is 0 Å². The number of aromatic amines is 1. The van der Waals surface area contributed by atoms with E-state index in [1.165, 1.54) is 4.57 Å². The molecule has 0 aliphatic rings. The molecule has 4 rings (SSSR count). The summed E-state index contributed by atoms with van der Waals surface area (Å²) in [7, 11) is 0. The Balaban J connectivity index is 1.62. The fourth-order valence-corrected chi connectivity index (χ4v) is 3.48. The first-order valence-electron chi connectivity index (χ1n) is 8.44. The summed E-state index contributed by atoms with van der Waals surface area (Å²) in [5.74, 6) is -0.109. The summed E-state index contributed by atoms with van der Waals surface area (Å²) >= 11 is 1.56. The number of hydrogen-bond acceptors (Lipinski definition) is 3. The number of H-pyrrole nitrogens is 1. The fraction of sp³-hybridized carbons (Fsp3) is 0. The minimum absolute atomic E-state index is 0.109. The van der Waals surface area contributed by atoms with Crippen LogP contribution < -0.4 is 5.69 Å². The van der Waals surface area contributed by atoms with Crippen molar-refractivity contribution in [1.29, 1.82) is 0 Å². The summed E-state index contributed by atoms with van der Waals surface area (Å²) in [5.41, 5.74) is 2.67. The molecule has 4 aromatic rings. The highest BCUT2D eigenvalue weighted by Crippen LogP contribution is 2.22. The van der Waals surface area contributed by atoms with Gasteiger partial charge in [-0.3, -0.25) is 9.36 Å². The number of carbonyl (C=O) groups excluding carboxylic acids is 1. The highest BCUT2D eigenvalue weighted by atomic mass is 32.1. The Bertz CT molecular complexity index is 1150. The summed E-state index contributed by atoms with van der Waals surface area (Å²) in [6, 6.07) is 20.6. The Kier molecular flexibility index (Phi) is 4.68. The smallest absolute Gasteiger partial charge is 0.305 e. The van der Waals surface area contributed by atoms with Crippen molar-refractivity contribution < 1.29 is 4.79 Å². The maximum atomic E-state index is 12.5. The lowest BCUT2D eigenvalue weighted by Crippen LogP contribution is -2.14. The Morgan fingerprint density at radius 3 is 2.63 bits per heavy atom. The van der Waals surface area contributed by atoms with E-state index in [0.717, 1.165) is 16.1 Å². The molecule has 132 valence electrons. The van der Waals surface area contributed by atoms with Crippen molar-refractivity contribution >= 4 is 23.2 Å². The number of ketones is 1. The number of benzene rings is 2. The number of aromatic nitrogens is 2. The summed E-state index contributed by atoms with van der Waals surface area (Å²) < 4.78 is 1.52. The third-order valence-corrected chi connectivity index (χ3v) is 5.04. The second kappa shape index (κ2) is 7.43. The van der Waals surface area contributed by atoms with Crippen molar-refractivity contribution in [3.05, 3.63) is 106 Å². The molecule has 2 aromatic carbocycles. The van der Waals surface area contributed by atoms with Crippen molar-refractivity contribution in [2.45, 2.75) is 0 Å². The lowest BCUT2D eigenvalue weighted by molar-refractivity contribution is 0.104. The molecular weight excluding hydrogens is 356 g/mol. The third kappa shape index (κ3) is 3.73. The van der Waals surface area contributed by atoms with E-state index >= 15 is 0 Å². The number of thiophene rings is 1. The van der Waals surface area contributed by atoms with E-state index < -0.39 is 0 Å². The molecule has 0 amide bonds. The Hall–Kier alpha value is -3.44. The van der Waals surface area contributed by atoms with Gasteiger partial charge >= 0.3 is 5.69 Å². The predicted octanol–water partition coefficient (Wildman–Crippen LogP) is 4.79. The van der Waals surface area contributed by atoms with Gasteiger partial charge in [0.1, 0.15) is 0 Å². The van der Waals surface area contributed by atoms with Crippen LogP contribution in [0.1, 0.15) is 15.9 Å². The summed E-state index contributed by atoms with van der Waals surface area (Å²) in [6.45, 7) is 0. The van der Waals surface area contributed by atoms with E-state index in [0.29, 0.717) is 11.3 Å². The van der Waals surface area contributed by atoms with E-state index in [2.05, 4.69) is 4.98 Å². The van der Waals surface area contributed by atoms with Gasteiger partial charge in [-0.05, 0) is 35.2 Å². The topological polar surface area (TPSA) is 54.9 Å². The molecule has 2 heterocycles. The van der Waals surface area contributed by atoms with Crippen molar-refractivity contribution in [1.82, 2.24) is 9.55 Å². The van der Waals surface area contributed by atoms with Gasteiger partial charge in [0.2, 0.25) is 0 Å². The van der Waals surface area contributed by atoms with E-state index in [-0.39, 0.29) is 11.5 Å². The SMILES string of the molecule is O=C(C=Cc1ccccc1)c1cccc(-n2cc(-c3cccs3)[nH]c2=O)c1. The second-order valence-corrected chi connectivity index (χ2v) is 6.93. The minimum atomic E-state index is -0.233. The Morgan fingerprint density at radius 1 is 1.00 bits per heavy atom. The molecule has 1 N–H and O–H groups in total. The van der Waals surface area contributed by atoms with Crippen LogP contribution in [0.3, 0.4) is 0 Å². The van der Waals surface area contributed by atoms with Crippen molar-refractivity contribution in [3.8, 4) is 16.3 Å². The van der Waals surface area contributed by atoms with Gasteiger partial charge in [-0.15, -0.1) is 11.3 Å². The average Bonchev–Trinajstić information content (AvgIpc) is 3.37. The normalized spacial score (nSPS) is 11.1. The number of nitrogens with one attached hydrogen (secondary N) is 1. The first-order valence-corrected chi connectivity index (χ1v) is 9.32. The van der Waals surface area contributed by atoms with Crippen molar-refractivity contribution in [2.24, 2.45) is 0 Å². The van der Waals surface area contributed by atoms with Gasteiger partial charge in [-0.1, -0.05) is 54.6 Å². The molecule has 0 saturated carbocycles. The zero-order valence-electron chi connectivity index (χ0n) is 14.3. The zero-order chi connectivity index (χ0) is 18.6. The van der Waals surface area contributed by atoms with Gasteiger partial charge in [0.05, 0.1) is 16.3 Å². The Morgan fingerprint density at radius 2 is 1.85 bits per heavy atom. The van der Waals surface area contributed by atoms with Crippen LogP contribution in [0.15, 0.2) is 89.2 Å². The number of hydrogen-bond donors (Lipinski definition) is 1. The van der Waals surface area contributed by atoms with Crippen LogP contribution >= 0.6 is 11.3 Å². The summed E-state index contributed by atoms with van der Waals surface area (Å²) in [4.78, 5) is 28.7. The fourth-order valence-electron chi connectivity index (χ4n) is 2.79. The first kappa shape index (κ1) is 17.0. The van der Waals surface area contributed by atoms with Crippen LogP contribution in [0.4, 0.5) is 0 Å². The Labute approximate surface area is 160 Å². The maximum Gasteiger partial charge on any atom is 0.330 e. The molecule has 0 bridgehead atoms. The monoisotopic (exact) mass is 372 g/mol. The molecular formula is C22H16N2O2S. The standard InChI is InChI=1S/C22H16N2O2S/c25-20(12-11-16-6-2-1-3-7-16)17-8-4-9-18(14-17)24-15-19(23-22(24)26)21-10-5-13-27-21/h1-15H,(H,23,26). The molecule has 0 unspecified atom stereocenters. The summed E-state index contributed by atoms with van der Waals surface area (Å²) in [6.07, 6.45) is 5.09. The second-order valence-electron chi connectivity index (χ2n) is 5.98. The molecule has 0 saturated heterocycles. The van der Waals surface area contributed by atoms with E-state index in [9.17, 15) is 9.59 Å². The molecule has 0 spiro atoms. The van der Waals surface area contributed by atoms with Gasteiger partial charge in [0, 0.05) is 11.8 Å². The molecule has 0 aliphatic heterocycles. The lowest BCUT2D eigenvalue weighted by Gasteiger charge is -2.03. The molecule has 4 nitrogen and oxygen atoms in total. The van der Waals surface area contributed by atoms with Gasteiger partial charge < -0.3 is 4.98 Å². The zero-order valence-corrected chi connectivity index (χ0v) is 15.1. The van der Waals surface area contributed by atoms with E-state index in [1.807, 2.05) is 53.9 Å². The van der Waals surface area contributed by atoms with Crippen LogP contribution in [0, 0.1) is 0 Å². The lowest BCUT2D eigenvalue weighted by atomic mass is 10.1. The van der Waals surface area contributed by atoms with Gasteiger partial charge in [-0.2, -0.15) is 0 Å². The average molecular weight is 372 g/mol. The first-order chi connectivity index (χ1) is 13.2. The molecule has 27 heavy (non-hydrogen) atoms. The van der Waals surface area contributed by atoms with E-state index in [1.54, 1.807) is 47.9 Å². The number of imidazole rings is 1. The number of rotatable bonds is 5. The van der Waals surface area contributed by atoms with Crippen LogP contribution in [-0.4, -0.2) is 15.3 Å². The van der Waals surface area contributed by atoms with Gasteiger partial charge in [0.15, 0.2) is 5.78 Å². The molecule has 5 heteroatoms. The third-order valence-electron chi connectivity index (χ3n) is 4.14. The number of allylic oxidation sites excluding steroid dienone is 1. The van der Waals surface area contributed by atoms with E-state index in [4.69, 9.17) is 0 Å². The summed E-state index contributed by atoms with van der Waals surface area (Å²) in [5, 5.41) is 1.96. The minimum Gasteiger partial charge on any atom is -0.305 e. The van der Waals surface area contributed by atoms with Crippen LogP contribution in [0.5, 0.6) is 0 Å². The quantitative estimate of drug-likeness (QED) is 0.404. The van der Waals surface area contributed by atoms with Crippen LogP contribution in [0.25, 0.3) is 22.3 Å². The molecule has 0 radical (unpaired) electrons. The molecule has 0 atom stereocenters.